The summed E-state index contributed by atoms with van der Waals surface area (Å²) in [5.41, 5.74) is 4.84. The summed E-state index contributed by atoms with van der Waals surface area (Å²) in [7, 11) is 0. The maximum atomic E-state index is 3.69. The second-order valence-electron chi connectivity index (χ2n) is 9.29. The van der Waals surface area contributed by atoms with Gasteiger partial charge in [-0.1, -0.05) is 98.6 Å². The Bertz CT molecular complexity index is 2120. The Labute approximate surface area is 218 Å². The van der Waals surface area contributed by atoms with Crippen LogP contribution >= 0.6 is 31.9 Å². The van der Waals surface area contributed by atoms with Crippen LogP contribution in [-0.4, -0.2) is 4.98 Å². The molecule has 0 aliphatic heterocycles. The zero-order valence-electron chi connectivity index (χ0n) is 18.5. The fourth-order valence-corrected chi connectivity index (χ4v) is 6.66. The van der Waals surface area contributed by atoms with E-state index in [1.54, 1.807) is 0 Å². The highest BCUT2D eigenvalue weighted by Gasteiger charge is 2.18. The molecule has 8 rings (SSSR count). The Balaban J connectivity index is 1.60. The number of aromatic nitrogens is 1. The number of fused-ring (bicyclic) bond motifs is 6. The van der Waals surface area contributed by atoms with E-state index >= 15 is 0 Å². The molecule has 3 heteroatoms. The van der Waals surface area contributed by atoms with Crippen molar-refractivity contribution in [2.24, 2.45) is 0 Å². The summed E-state index contributed by atoms with van der Waals surface area (Å²) in [5, 5.41) is 13.1. The number of hydrogen-bond acceptors (Lipinski definition) is 0. The van der Waals surface area contributed by atoms with Gasteiger partial charge in [-0.25, -0.2) is 0 Å². The molecule has 0 spiro atoms. The lowest BCUT2D eigenvalue weighted by molar-refractivity contribution is 1.55. The lowest BCUT2D eigenvalue weighted by atomic mass is 9.86. The first-order valence-corrected chi connectivity index (χ1v) is 13.2. The lowest BCUT2D eigenvalue weighted by Crippen LogP contribution is -1.89. The van der Waals surface area contributed by atoms with Gasteiger partial charge < -0.3 is 4.98 Å². The largest absolute Gasteiger partial charge is 0.354 e. The van der Waals surface area contributed by atoms with Gasteiger partial charge >= 0.3 is 0 Å². The summed E-state index contributed by atoms with van der Waals surface area (Å²) in [5.74, 6) is 0. The van der Waals surface area contributed by atoms with Crippen molar-refractivity contribution in [1.82, 2.24) is 4.98 Å². The third-order valence-corrected chi connectivity index (χ3v) is 8.48. The summed E-state index contributed by atoms with van der Waals surface area (Å²) in [4.78, 5) is 3.69. The molecule has 0 aliphatic carbocycles. The molecule has 0 bridgehead atoms. The monoisotopic (exact) mass is 573 g/mol. The van der Waals surface area contributed by atoms with Crippen molar-refractivity contribution >= 4 is 96.8 Å². The minimum atomic E-state index is 1.09. The summed E-state index contributed by atoms with van der Waals surface area (Å²) >= 11 is 7.21. The molecule has 0 saturated heterocycles. The predicted octanol–water partition coefficient (Wildman–Crippen LogP) is 10.6. The lowest BCUT2D eigenvalue weighted by Gasteiger charge is -2.17. The van der Waals surface area contributed by atoms with Crippen molar-refractivity contribution in [1.29, 1.82) is 0 Å². The van der Waals surface area contributed by atoms with Crippen LogP contribution in [0.3, 0.4) is 0 Å². The number of nitrogens with one attached hydrogen (secondary N) is 1. The molecule has 0 atom stereocenters. The highest BCUT2D eigenvalue weighted by atomic mass is 79.9. The molecule has 7 aromatic carbocycles. The van der Waals surface area contributed by atoms with E-state index in [4.69, 9.17) is 0 Å². The molecular weight excluding hydrogens is 558 g/mol. The van der Waals surface area contributed by atoms with Crippen LogP contribution in [0.25, 0.3) is 76.0 Å². The van der Waals surface area contributed by atoms with Gasteiger partial charge in [-0.05, 0) is 84.5 Å². The Kier molecular flexibility index (Phi) is 4.01. The summed E-state index contributed by atoms with van der Waals surface area (Å²) in [6.45, 7) is 0. The molecule has 35 heavy (non-hydrogen) atoms. The number of halogens is 2. The topological polar surface area (TPSA) is 15.8 Å². The van der Waals surface area contributed by atoms with Gasteiger partial charge in [0.25, 0.3) is 0 Å². The fourth-order valence-electron chi connectivity index (χ4n) is 6.03. The third kappa shape index (κ3) is 2.68. The molecule has 0 fully saturated rings. The van der Waals surface area contributed by atoms with Crippen LogP contribution in [0.5, 0.6) is 0 Å². The summed E-state index contributed by atoms with van der Waals surface area (Å²) in [6.07, 6.45) is 0. The molecule has 1 nitrogen and oxygen atoms in total. The van der Waals surface area contributed by atoms with Gasteiger partial charge in [0.05, 0.1) is 0 Å². The van der Waals surface area contributed by atoms with Gasteiger partial charge in [0, 0.05) is 30.8 Å². The Morgan fingerprint density at radius 3 is 1.86 bits per heavy atom. The second kappa shape index (κ2) is 7.07. The van der Waals surface area contributed by atoms with Crippen molar-refractivity contribution in [3.63, 3.8) is 0 Å². The van der Waals surface area contributed by atoms with Crippen molar-refractivity contribution in [3.8, 4) is 11.1 Å². The molecule has 0 radical (unpaired) electrons. The Morgan fingerprint density at radius 2 is 1.06 bits per heavy atom. The zero-order valence-corrected chi connectivity index (χ0v) is 21.7. The van der Waals surface area contributed by atoms with Gasteiger partial charge in [0.2, 0.25) is 0 Å². The van der Waals surface area contributed by atoms with E-state index in [0.717, 1.165) is 14.5 Å². The van der Waals surface area contributed by atoms with E-state index in [0.29, 0.717) is 0 Å². The standard InChI is InChI=1S/C32H17Br2N/c33-18-9-7-17(8-10-18)20-13-14-24-27-16-29-32(25-12-11-19(34)15-28(25)35-29)26-6-2-5-23(31(26)27)22-4-1-3-21(20)30(22)24/h1-16,35H. The van der Waals surface area contributed by atoms with Crippen LogP contribution in [0.1, 0.15) is 0 Å². The molecule has 0 saturated carbocycles. The first-order valence-electron chi connectivity index (χ1n) is 11.7. The van der Waals surface area contributed by atoms with Gasteiger partial charge in [-0.15, -0.1) is 0 Å². The van der Waals surface area contributed by atoms with Crippen LogP contribution < -0.4 is 0 Å². The van der Waals surface area contributed by atoms with E-state index in [9.17, 15) is 0 Å². The molecule has 0 aliphatic rings. The minimum Gasteiger partial charge on any atom is -0.354 e. The highest BCUT2D eigenvalue weighted by molar-refractivity contribution is 9.10. The number of rotatable bonds is 1. The molecule has 164 valence electrons. The van der Waals surface area contributed by atoms with E-state index in [2.05, 4.69) is 134 Å². The molecule has 8 aromatic rings. The Morgan fingerprint density at radius 1 is 0.429 bits per heavy atom. The molecule has 0 amide bonds. The summed E-state index contributed by atoms with van der Waals surface area (Å²) in [6, 6.07) is 35.6. The van der Waals surface area contributed by atoms with Crippen molar-refractivity contribution < 1.29 is 0 Å². The molecule has 1 heterocycles. The average Bonchev–Trinajstić information content (AvgIpc) is 3.24. The number of aromatic amines is 1. The first-order chi connectivity index (χ1) is 17.2. The molecule has 1 aromatic heterocycles. The van der Waals surface area contributed by atoms with E-state index in [-0.39, 0.29) is 0 Å². The van der Waals surface area contributed by atoms with Crippen molar-refractivity contribution in [3.05, 3.63) is 106 Å². The minimum absolute atomic E-state index is 1.09. The van der Waals surface area contributed by atoms with Gasteiger partial charge in [0.1, 0.15) is 0 Å². The highest BCUT2D eigenvalue weighted by Crippen LogP contribution is 2.46. The van der Waals surface area contributed by atoms with Gasteiger partial charge in [0.15, 0.2) is 0 Å². The van der Waals surface area contributed by atoms with Crippen LogP contribution in [0.2, 0.25) is 0 Å². The average molecular weight is 575 g/mol. The van der Waals surface area contributed by atoms with Crippen molar-refractivity contribution in [2.75, 3.05) is 0 Å². The predicted molar refractivity (Wildman–Crippen MR) is 158 cm³/mol. The van der Waals surface area contributed by atoms with Crippen LogP contribution in [0.15, 0.2) is 106 Å². The summed E-state index contributed by atoms with van der Waals surface area (Å²) < 4.78 is 2.18. The zero-order chi connectivity index (χ0) is 23.3. The Hall–Kier alpha value is -3.40. The number of H-pyrrole nitrogens is 1. The number of benzene rings is 7. The molecule has 0 unspecified atom stereocenters. The normalized spacial score (nSPS) is 12.3. The smallest absolute Gasteiger partial charge is 0.0477 e. The third-order valence-electron chi connectivity index (χ3n) is 7.46. The maximum absolute atomic E-state index is 3.69. The van der Waals surface area contributed by atoms with E-state index in [1.165, 1.54) is 70.5 Å². The molecular formula is C32H17Br2N. The van der Waals surface area contributed by atoms with E-state index < -0.39 is 0 Å². The first kappa shape index (κ1) is 19.9. The quantitative estimate of drug-likeness (QED) is 0.148. The maximum Gasteiger partial charge on any atom is 0.0477 e. The SMILES string of the molecule is Brc1ccc(-c2ccc3c4cc5[nH]c6cc(Br)ccc6c5c5cccc(c6cccc2c63)c45)cc1. The number of hydrogen-bond donors (Lipinski definition) is 1. The van der Waals surface area contributed by atoms with Crippen LogP contribution in [-0.2, 0) is 0 Å². The molecule has 1 N–H and O–H groups in total. The van der Waals surface area contributed by atoms with Crippen LogP contribution in [0, 0.1) is 0 Å². The van der Waals surface area contributed by atoms with Crippen molar-refractivity contribution in [2.45, 2.75) is 0 Å². The van der Waals surface area contributed by atoms with Crippen LogP contribution in [0.4, 0.5) is 0 Å². The fraction of sp³-hybridized carbons (Fsp3) is 0. The van der Waals surface area contributed by atoms with Gasteiger partial charge in [-0.3, -0.25) is 0 Å². The van der Waals surface area contributed by atoms with E-state index in [1.807, 2.05) is 0 Å². The second-order valence-corrected chi connectivity index (χ2v) is 11.1. The van der Waals surface area contributed by atoms with Gasteiger partial charge in [-0.2, -0.15) is 0 Å².